The molecule has 0 aliphatic rings. The van der Waals surface area contributed by atoms with E-state index in [1.807, 2.05) is 45.0 Å². The molecule has 0 spiro atoms. The van der Waals surface area contributed by atoms with E-state index in [0.717, 1.165) is 6.42 Å². The van der Waals surface area contributed by atoms with Gasteiger partial charge >= 0.3 is 5.97 Å². The third kappa shape index (κ3) is 5.35. The lowest BCUT2D eigenvalue weighted by Gasteiger charge is -2.19. The summed E-state index contributed by atoms with van der Waals surface area (Å²) in [5, 5.41) is 0. The Labute approximate surface area is 110 Å². The lowest BCUT2D eigenvalue weighted by molar-refractivity contribution is 0.00695. The Morgan fingerprint density at radius 3 is 2.17 bits per heavy atom. The zero-order valence-corrected chi connectivity index (χ0v) is 12.1. The molecule has 0 N–H and O–H groups in total. The minimum atomic E-state index is -0.437. The van der Waals surface area contributed by atoms with E-state index >= 15 is 0 Å². The largest absolute Gasteiger partial charge is 0.456 e. The molecule has 0 bridgehead atoms. The first kappa shape index (κ1) is 14.7. The van der Waals surface area contributed by atoms with E-state index in [0.29, 0.717) is 11.5 Å². The normalized spacial score (nSPS) is 11.7. The molecule has 0 aliphatic heterocycles. The Hall–Kier alpha value is -1.31. The lowest BCUT2D eigenvalue weighted by Crippen LogP contribution is -2.23. The van der Waals surface area contributed by atoms with Crippen LogP contribution in [-0.2, 0) is 11.2 Å². The first-order valence-corrected chi connectivity index (χ1v) is 6.60. The van der Waals surface area contributed by atoms with E-state index in [-0.39, 0.29) is 5.97 Å². The predicted octanol–water partition coefficient (Wildman–Crippen LogP) is 4.23. The Morgan fingerprint density at radius 2 is 1.72 bits per heavy atom. The van der Waals surface area contributed by atoms with Crippen molar-refractivity contribution in [2.75, 3.05) is 0 Å². The highest BCUT2D eigenvalue weighted by atomic mass is 16.6. The average molecular weight is 248 g/mol. The van der Waals surface area contributed by atoms with E-state index in [1.54, 1.807) is 0 Å². The molecule has 2 nitrogen and oxygen atoms in total. The van der Waals surface area contributed by atoms with Crippen molar-refractivity contribution < 1.29 is 9.53 Å². The van der Waals surface area contributed by atoms with Crippen LogP contribution in [-0.4, -0.2) is 11.6 Å². The van der Waals surface area contributed by atoms with Crippen LogP contribution in [0.4, 0.5) is 0 Å². The molecule has 0 aromatic heterocycles. The second kappa shape index (κ2) is 6.03. The minimum absolute atomic E-state index is 0.252. The number of rotatable bonds is 4. The van der Waals surface area contributed by atoms with E-state index in [4.69, 9.17) is 4.74 Å². The number of hydrogen-bond donors (Lipinski definition) is 0. The fourth-order valence-corrected chi connectivity index (χ4v) is 1.60. The summed E-state index contributed by atoms with van der Waals surface area (Å²) >= 11 is 0. The first-order chi connectivity index (χ1) is 8.28. The summed E-state index contributed by atoms with van der Waals surface area (Å²) in [7, 11) is 0. The number of esters is 1. The average Bonchev–Trinajstić information content (AvgIpc) is 2.24. The van der Waals surface area contributed by atoms with Crippen LogP contribution in [0.5, 0.6) is 0 Å². The summed E-state index contributed by atoms with van der Waals surface area (Å²) in [5.74, 6) is 0.452. The topological polar surface area (TPSA) is 26.3 Å². The third-order valence-electron chi connectivity index (χ3n) is 2.60. The molecule has 0 fully saturated rings. The van der Waals surface area contributed by atoms with Crippen molar-refractivity contribution in [3.63, 3.8) is 0 Å². The molecule has 0 atom stereocenters. The lowest BCUT2D eigenvalue weighted by atomic mass is 10.0. The first-order valence-electron chi connectivity index (χ1n) is 6.60. The Kier molecular flexibility index (Phi) is 4.94. The molecule has 1 aromatic carbocycles. The molecule has 0 saturated carbocycles. The SMILES string of the molecule is CC(C)CCc1ccc(C(=O)OC(C)(C)C)cc1. The van der Waals surface area contributed by atoms with Crippen LogP contribution in [0.1, 0.15) is 57.0 Å². The van der Waals surface area contributed by atoms with Crippen LogP contribution < -0.4 is 0 Å². The van der Waals surface area contributed by atoms with Gasteiger partial charge in [-0.05, 0) is 57.2 Å². The number of aryl methyl sites for hydroxylation is 1. The fourth-order valence-electron chi connectivity index (χ4n) is 1.60. The molecule has 2 heteroatoms. The van der Waals surface area contributed by atoms with E-state index in [2.05, 4.69) is 13.8 Å². The van der Waals surface area contributed by atoms with E-state index in [1.165, 1.54) is 12.0 Å². The van der Waals surface area contributed by atoms with E-state index < -0.39 is 5.60 Å². The molecule has 0 amide bonds. The maximum absolute atomic E-state index is 11.8. The van der Waals surface area contributed by atoms with Gasteiger partial charge in [0.15, 0.2) is 0 Å². The van der Waals surface area contributed by atoms with Gasteiger partial charge in [-0.15, -0.1) is 0 Å². The second-order valence-electron chi connectivity index (χ2n) is 6.13. The maximum Gasteiger partial charge on any atom is 0.338 e. The molecule has 0 unspecified atom stereocenters. The van der Waals surface area contributed by atoms with Crippen LogP contribution >= 0.6 is 0 Å². The van der Waals surface area contributed by atoms with Gasteiger partial charge in [-0.2, -0.15) is 0 Å². The predicted molar refractivity (Wildman–Crippen MR) is 74.8 cm³/mol. The van der Waals surface area contributed by atoms with Crippen molar-refractivity contribution in [2.45, 2.75) is 53.1 Å². The minimum Gasteiger partial charge on any atom is -0.456 e. The maximum atomic E-state index is 11.8. The smallest absolute Gasteiger partial charge is 0.338 e. The van der Waals surface area contributed by atoms with Crippen molar-refractivity contribution in [1.29, 1.82) is 0 Å². The molecule has 100 valence electrons. The van der Waals surface area contributed by atoms with Gasteiger partial charge in [-0.3, -0.25) is 0 Å². The van der Waals surface area contributed by atoms with Crippen molar-refractivity contribution >= 4 is 5.97 Å². The number of hydrogen-bond acceptors (Lipinski definition) is 2. The Morgan fingerprint density at radius 1 is 1.17 bits per heavy atom. The zero-order chi connectivity index (χ0) is 13.8. The van der Waals surface area contributed by atoms with Crippen LogP contribution in [0.15, 0.2) is 24.3 Å². The van der Waals surface area contributed by atoms with Crippen LogP contribution in [0.3, 0.4) is 0 Å². The summed E-state index contributed by atoms with van der Waals surface area (Å²) in [4.78, 5) is 11.8. The summed E-state index contributed by atoms with van der Waals surface area (Å²) < 4.78 is 5.32. The van der Waals surface area contributed by atoms with Crippen molar-refractivity contribution in [3.8, 4) is 0 Å². The monoisotopic (exact) mass is 248 g/mol. The highest BCUT2D eigenvalue weighted by Gasteiger charge is 2.17. The van der Waals surface area contributed by atoms with Gasteiger partial charge < -0.3 is 4.74 Å². The van der Waals surface area contributed by atoms with Gasteiger partial charge in [0.25, 0.3) is 0 Å². The summed E-state index contributed by atoms with van der Waals surface area (Å²) in [6.45, 7) is 10.1. The van der Waals surface area contributed by atoms with Crippen molar-refractivity contribution in [1.82, 2.24) is 0 Å². The molecule has 18 heavy (non-hydrogen) atoms. The quantitative estimate of drug-likeness (QED) is 0.745. The van der Waals surface area contributed by atoms with Crippen molar-refractivity contribution in [2.24, 2.45) is 5.92 Å². The number of benzene rings is 1. The van der Waals surface area contributed by atoms with Crippen LogP contribution in [0.2, 0.25) is 0 Å². The molecule has 0 aliphatic carbocycles. The molecule has 0 heterocycles. The number of carbonyl (C=O) groups excluding carboxylic acids is 1. The highest BCUT2D eigenvalue weighted by Crippen LogP contribution is 2.14. The van der Waals surface area contributed by atoms with Crippen molar-refractivity contribution in [3.05, 3.63) is 35.4 Å². The fraction of sp³-hybridized carbons (Fsp3) is 0.562. The van der Waals surface area contributed by atoms with E-state index in [9.17, 15) is 4.79 Å². The summed E-state index contributed by atoms with van der Waals surface area (Å²) in [5.41, 5.74) is 1.46. The van der Waals surface area contributed by atoms with Crippen LogP contribution in [0.25, 0.3) is 0 Å². The van der Waals surface area contributed by atoms with Gasteiger partial charge in [-0.1, -0.05) is 26.0 Å². The molecular formula is C16H24O2. The second-order valence-corrected chi connectivity index (χ2v) is 6.13. The van der Waals surface area contributed by atoms with Crippen LogP contribution in [0, 0.1) is 5.92 Å². The molecular weight excluding hydrogens is 224 g/mol. The Balaban J connectivity index is 2.62. The number of carbonyl (C=O) groups is 1. The summed E-state index contributed by atoms with van der Waals surface area (Å²) in [6.07, 6.45) is 2.23. The van der Waals surface area contributed by atoms with Gasteiger partial charge in [0, 0.05) is 0 Å². The molecule has 1 rings (SSSR count). The van der Waals surface area contributed by atoms with Gasteiger partial charge in [0.2, 0.25) is 0 Å². The van der Waals surface area contributed by atoms with Gasteiger partial charge in [0.05, 0.1) is 5.56 Å². The van der Waals surface area contributed by atoms with Gasteiger partial charge in [0.1, 0.15) is 5.60 Å². The summed E-state index contributed by atoms with van der Waals surface area (Å²) in [6, 6.07) is 7.73. The standard InChI is InChI=1S/C16H24O2/c1-12(2)6-7-13-8-10-14(11-9-13)15(17)18-16(3,4)5/h8-12H,6-7H2,1-5H3. The highest BCUT2D eigenvalue weighted by molar-refractivity contribution is 5.89. The molecule has 0 radical (unpaired) electrons. The zero-order valence-electron chi connectivity index (χ0n) is 12.1. The third-order valence-corrected chi connectivity index (χ3v) is 2.60. The van der Waals surface area contributed by atoms with Gasteiger partial charge in [-0.25, -0.2) is 4.79 Å². The Bertz CT molecular complexity index is 383. The molecule has 0 saturated heterocycles. The number of ether oxygens (including phenoxy) is 1. The molecule has 1 aromatic rings.